The summed E-state index contributed by atoms with van der Waals surface area (Å²) in [6.07, 6.45) is 0. The molecule has 0 amide bonds. The van der Waals surface area contributed by atoms with E-state index >= 15 is 0 Å². The molecule has 2 aromatic rings. The molecule has 0 fully saturated rings. The largest absolute Gasteiger partial charge is 0.329 e. The van der Waals surface area contributed by atoms with Crippen molar-refractivity contribution >= 4 is 38.6 Å². The summed E-state index contributed by atoms with van der Waals surface area (Å²) in [5, 5.41) is 4.33. The molecule has 5 heteroatoms. The number of aryl methyl sites for hydroxylation is 1. The highest BCUT2D eigenvalue weighted by molar-refractivity contribution is 9.11. The van der Waals surface area contributed by atoms with Crippen LogP contribution in [0.25, 0.3) is 0 Å². The van der Waals surface area contributed by atoms with Gasteiger partial charge < -0.3 is 5.73 Å². The molecule has 0 saturated heterocycles. The summed E-state index contributed by atoms with van der Waals surface area (Å²) in [5.41, 5.74) is 8.63. The maximum atomic E-state index is 5.95. The molecular weight excluding hydrogens is 328 g/mol. The molecule has 2 nitrogen and oxygen atoms in total. The van der Waals surface area contributed by atoms with Crippen LogP contribution < -0.4 is 5.73 Å². The Kier molecular flexibility index (Phi) is 4.98. The molecule has 0 saturated carbocycles. The van der Waals surface area contributed by atoms with Gasteiger partial charge in [-0.15, -0.1) is 22.7 Å². The van der Waals surface area contributed by atoms with Crippen molar-refractivity contribution in [2.75, 3.05) is 13.6 Å². The first kappa shape index (κ1) is 14.2. The lowest BCUT2D eigenvalue weighted by molar-refractivity contribution is 0.245. The van der Waals surface area contributed by atoms with Crippen molar-refractivity contribution in [3.05, 3.63) is 42.7 Å². The van der Waals surface area contributed by atoms with E-state index in [2.05, 4.69) is 57.7 Å². The molecule has 0 radical (unpaired) electrons. The Hall–Kier alpha value is -0.200. The zero-order valence-electron chi connectivity index (χ0n) is 10.5. The van der Waals surface area contributed by atoms with Gasteiger partial charge in [0, 0.05) is 18.0 Å². The second-order valence-corrected chi connectivity index (χ2v) is 7.63. The van der Waals surface area contributed by atoms with E-state index in [1.165, 1.54) is 19.8 Å². The van der Waals surface area contributed by atoms with Crippen LogP contribution in [-0.2, 0) is 6.54 Å². The maximum Gasteiger partial charge on any atom is 0.0701 e. The molecule has 0 aromatic carbocycles. The van der Waals surface area contributed by atoms with Gasteiger partial charge in [0.15, 0.2) is 0 Å². The van der Waals surface area contributed by atoms with E-state index in [0.717, 1.165) is 6.54 Å². The lowest BCUT2D eigenvalue weighted by Gasteiger charge is -2.26. The average molecular weight is 345 g/mol. The van der Waals surface area contributed by atoms with E-state index < -0.39 is 0 Å². The van der Waals surface area contributed by atoms with Crippen LogP contribution in [-0.4, -0.2) is 18.5 Å². The van der Waals surface area contributed by atoms with Gasteiger partial charge >= 0.3 is 0 Å². The first-order chi connectivity index (χ1) is 8.61. The van der Waals surface area contributed by atoms with E-state index in [0.29, 0.717) is 12.6 Å². The van der Waals surface area contributed by atoms with Crippen molar-refractivity contribution in [3.63, 3.8) is 0 Å². The first-order valence-corrected chi connectivity index (χ1v) is 8.34. The van der Waals surface area contributed by atoms with Crippen LogP contribution in [0, 0.1) is 6.92 Å². The molecule has 2 rings (SSSR count). The van der Waals surface area contributed by atoms with Crippen LogP contribution in [0.2, 0.25) is 0 Å². The fourth-order valence-corrected chi connectivity index (χ4v) is 4.35. The number of nitrogens with zero attached hydrogens (tertiary/aromatic N) is 1. The Balaban J connectivity index is 2.11. The summed E-state index contributed by atoms with van der Waals surface area (Å²) in [7, 11) is 2.14. The molecule has 1 unspecified atom stereocenters. The number of halogens is 1. The predicted octanol–water partition coefficient (Wildman–Crippen LogP) is 4.01. The second-order valence-electron chi connectivity index (χ2n) is 4.39. The van der Waals surface area contributed by atoms with E-state index in [4.69, 9.17) is 5.73 Å². The van der Waals surface area contributed by atoms with Gasteiger partial charge in [-0.05, 0) is 63.9 Å². The maximum absolute atomic E-state index is 5.95. The number of rotatable bonds is 5. The summed E-state index contributed by atoms with van der Waals surface area (Å²) in [4.78, 5) is 3.71. The standard InChI is InChI=1S/C13H17BrN2S2/c1-9-3-4-17-13(9)11(6-15)16(2)7-10-5-12(14)18-8-10/h3-5,8,11H,6-7,15H2,1-2H3. The molecule has 1 atom stereocenters. The van der Waals surface area contributed by atoms with Crippen LogP contribution >= 0.6 is 38.6 Å². The quantitative estimate of drug-likeness (QED) is 0.887. The van der Waals surface area contributed by atoms with E-state index in [1.807, 2.05) is 0 Å². The van der Waals surface area contributed by atoms with E-state index in [1.54, 1.807) is 22.7 Å². The molecule has 0 spiro atoms. The highest BCUT2D eigenvalue weighted by Gasteiger charge is 2.19. The van der Waals surface area contributed by atoms with Crippen molar-refractivity contribution < 1.29 is 0 Å². The fraction of sp³-hybridized carbons (Fsp3) is 0.385. The minimum atomic E-state index is 0.309. The average Bonchev–Trinajstić information content (AvgIpc) is 2.90. The van der Waals surface area contributed by atoms with Gasteiger partial charge in [0.25, 0.3) is 0 Å². The molecular formula is C13H17BrN2S2. The lowest BCUT2D eigenvalue weighted by atomic mass is 10.1. The molecule has 98 valence electrons. The molecule has 2 aromatic heterocycles. The van der Waals surface area contributed by atoms with Gasteiger partial charge in [-0.1, -0.05) is 0 Å². The van der Waals surface area contributed by atoms with Gasteiger partial charge in [-0.3, -0.25) is 4.90 Å². The van der Waals surface area contributed by atoms with Crippen LogP contribution in [0.1, 0.15) is 22.0 Å². The van der Waals surface area contributed by atoms with Gasteiger partial charge in [-0.25, -0.2) is 0 Å². The fourth-order valence-electron chi connectivity index (χ4n) is 2.04. The lowest BCUT2D eigenvalue weighted by Crippen LogP contribution is -2.29. The number of hydrogen-bond acceptors (Lipinski definition) is 4. The van der Waals surface area contributed by atoms with Gasteiger partial charge in [0.05, 0.1) is 9.83 Å². The summed E-state index contributed by atoms with van der Waals surface area (Å²) >= 11 is 7.03. The number of nitrogens with two attached hydrogens (primary N) is 1. The SMILES string of the molecule is Cc1ccsc1C(CN)N(C)Cc1csc(Br)c1. The second kappa shape index (κ2) is 6.30. The minimum absolute atomic E-state index is 0.309. The van der Waals surface area contributed by atoms with Crippen molar-refractivity contribution in [3.8, 4) is 0 Å². The summed E-state index contributed by atoms with van der Waals surface area (Å²) < 4.78 is 1.18. The topological polar surface area (TPSA) is 29.3 Å². The van der Waals surface area contributed by atoms with Gasteiger partial charge in [0.1, 0.15) is 0 Å². The monoisotopic (exact) mass is 344 g/mol. The van der Waals surface area contributed by atoms with E-state index in [-0.39, 0.29) is 0 Å². The molecule has 18 heavy (non-hydrogen) atoms. The number of hydrogen-bond donors (Lipinski definition) is 1. The zero-order valence-corrected chi connectivity index (χ0v) is 13.7. The number of thiophene rings is 2. The summed E-state index contributed by atoms with van der Waals surface area (Å²) in [5.74, 6) is 0. The third-order valence-corrected chi connectivity index (χ3v) is 5.69. The highest BCUT2D eigenvalue weighted by atomic mass is 79.9. The van der Waals surface area contributed by atoms with Crippen LogP contribution in [0.5, 0.6) is 0 Å². The van der Waals surface area contributed by atoms with Crippen molar-refractivity contribution in [2.45, 2.75) is 19.5 Å². The predicted molar refractivity (Wildman–Crippen MR) is 84.3 cm³/mol. The molecule has 0 aliphatic rings. The van der Waals surface area contributed by atoms with E-state index in [9.17, 15) is 0 Å². The molecule has 2 heterocycles. The van der Waals surface area contributed by atoms with Gasteiger partial charge in [-0.2, -0.15) is 0 Å². The third kappa shape index (κ3) is 3.22. The van der Waals surface area contributed by atoms with Crippen LogP contribution in [0.3, 0.4) is 0 Å². The number of likely N-dealkylation sites (N-methyl/N-ethyl adjacent to an activating group) is 1. The summed E-state index contributed by atoms with van der Waals surface area (Å²) in [6, 6.07) is 4.65. The molecule has 2 N–H and O–H groups in total. The highest BCUT2D eigenvalue weighted by Crippen LogP contribution is 2.29. The Labute approximate surface area is 125 Å². The first-order valence-electron chi connectivity index (χ1n) is 5.79. The third-order valence-electron chi connectivity index (χ3n) is 3.01. The molecule has 0 bridgehead atoms. The smallest absolute Gasteiger partial charge is 0.0701 e. The molecule has 0 aliphatic carbocycles. The Morgan fingerprint density at radius 3 is 2.72 bits per heavy atom. The molecule has 0 aliphatic heterocycles. The summed E-state index contributed by atoms with van der Waals surface area (Å²) in [6.45, 7) is 3.74. The van der Waals surface area contributed by atoms with Crippen molar-refractivity contribution in [2.24, 2.45) is 5.73 Å². The van der Waals surface area contributed by atoms with Crippen LogP contribution in [0.15, 0.2) is 26.7 Å². The Morgan fingerprint density at radius 1 is 1.44 bits per heavy atom. The van der Waals surface area contributed by atoms with Crippen molar-refractivity contribution in [1.82, 2.24) is 4.90 Å². The Bertz CT molecular complexity index is 507. The van der Waals surface area contributed by atoms with Crippen molar-refractivity contribution in [1.29, 1.82) is 0 Å². The van der Waals surface area contributed by atoms with Crippen LogP contribution in [0.4, 0.5) is 0 Å². The minimum Gasteiger partial charge on any atom is -0.329 e. The van der Waals surface area contributed by atoms with Gasteiger partial charge in [0.2, 0.25) is 0 Å². The Morgan fingerprint density at radius 2 is 2.22 bits per heavy atom. The normalized spacial score (nSPS) is 13.2. The zero-order chi connectivity index (χ0) is 13.1.